The molecule has 0 aliphatic carbocycles. The highest BCUT2D eigenvalue weighted by atomic mass is 32.2. The summed E-state index contributed by atoms with van der Waals surface area (Å²) >= 11 is 0. The molecule has 1 N–H and O–H groups in total. The zero-order chi connectivity index (χ0) is 15.7. The van der Waals surface area contributed by atoms with Gasteiger partial charge >= 0.3 is 0 Å². The van der Waals surface area contributed by atoms with Crippen molar-refractivity contribution >= 4 is 15.7 Å². The monoisotopic (exact) mass is 327 g/mol. The Morgan fingerprint density at radius 2 is 1.91 bits per heavy atom. The summed E-state index contributed by atoms with van der Waals surface area (Å²) in [5, 5.41) is 0. The molecule has 0 saturated carbocycles. The van der Waals surface area contributed by atoms with Crippen molar-refractivity contribution in [2.45, 2.75) is 12.5 Å². The predicted octanol–water partition coefficient (Wildman–Crippen LogP) is -0.646. The molecule has 3 rings (SSSR count). The van der Waals surface area contributed by atoms with Gasteiger partial charge in [-0.05, 0) is 12.1 Å². The average molecular weight is 327 g/mol. The Bertz CT molecular complexity index is 669. The van der Waals surface area contributed by atoms with Crippen molar-refractivity contribution < 1.29 is 22.5 Å². The van der Waals surface area contributed by atoms with Gasteiger partial charge in [-0.2, -0.15) is 0 Å². The molecule has 2 aliphatic heterocycles. The summed E-state index contributed by atoms with van der Waals surface area (Å²) in [5.41, 5.74) is 0.106. The van der Waals surface area contributed by atoms with Gasteiger partial charge in [0, 0.05) is 6.42 Å². The van der Waals surface area contributed by atoms with Crippen LogP contribution in [0.2, 0.25) is 0 Å². The van der Waals surface area contributed by atoms with Crippen LogP contribution in [-0.2, 0) is 9.84 Å². The molecule has 0 aromatic heterocycles. The molecule has 0 spiro atoms. The Morgan fingerprint density at radius 3 is 2.50 bits per heavy atom. The lowest BCUT2D eigenvalue weighted by Gasteiger charge is -2.35. The summed E-state index contributed by atoms with van der Waals surface area (Å²) in [7, 11) is -2.87. The maximum atomic E-state index is 13.7. The van der Waals surface area contributed by atoms with Crippen LogP contribution in [0.1, 0.15) is 16.8 Å². The number of hydrogen-bond donors (Lipinski definition) is 1. The molecule has 0 bridgehead atoms. The van der Waals surface area contributed by atoms with E-state index in [1.165, 1.54) is 17.0 Å². The molecule has 1 amide bonds. The first-order valence-electron chi connectivity index (χ1n) is 7.55. The number of piperazine rings is 1. The standard InChI is InChI=1S/C15H19FN2O3S/c16-14-4-2-1-3-13(14)15(19)18-8-6-17(7-9-18)12-5-10-22(20,21)11-12/h1-4,12H,5-11H2/p+1/t12-/m1/s1. The van der Waals surface area contributed by atoms with Crippen molar-refractivity contribution in [3.05, 3.63) is 35.6 Å². The minimum Gasteiger partial charge on any atom is -0.329 e. The summed E-state index contributed by atoms with van der Waals surface area (Å²) in [6, 6.07) is 6.16. The lowest BCUT2D eigenvalue weighted by atomic mass is 10.1. The third-order valence-electron chi connectivity index (χ3n) is 4.61. The second-order valence-electron chi connectivity index (χ2n) is 6.03. The fraction of sp³-hybridized carbons (Fsp3) is 0.533. The van der Waals surface area contributed by atoms with Crippen LogP contribution < -0.4 is 4.90 Å². The summed E-state index contributed by atoms with van der Waals surface area (Å²) in [4.78, 5) is 15.2. The molecular weight excluding hydrogens is 307 g/mol. The van der Waals surface area contributed by atoms with E-state index >= 15 is 0 Å². The number of carbonyl (C=O) groups is 1. The highest BCUT2D eigenvalue weighted by molar-refractivity contribution is 7.91. The summed E-state index contributed by atoms with van der Waals surface area (Å²) in [6.07, 6.45) is 0.707. The van der Waals surface area contributed by atoms with Crippen LogP contribution >= 0.6 is 0 Å². The predicted molar refractivity (Wildman–Crippen MR) is 80.1 cm³/mol. The van der Waals surface area contributed by atoms with Gasteiger partial charge in [0.05, 0.1) is 37.5 Å². The summed E-state index contributed by atoms with van der Waals surface area (Å²) in [5.74, 6) is -0.247. The summed E-state index contributed by atoms with van der Waals surface area (Å²) in [6.45, 7) is 2.53. The number of amides is 1. The first-order valence-corrected chi connectivity index (χ1v) is 9.37. The lowest BCUT2D eigenvalue weighted by Crippen LogP contribution is -3.18. The van der Waals surface area contributed by atoms with Gasteiger partial charge in [-0.1, -0.05) is 12.1 Å². The molecule has 2 fully saturated rings. The summed E-state index contributed by atoms with van der Waals surface area (Å²) < 4.78 is 36.8. The van der Waals surface area contributed by atoms with Gasteiger partial charge in [0.2, 0.25) is 0 Å². The zero-order valence-electron chi connectivity index (χ0n) is 12.3. The highest BCUT2D eigenvalue weighted by Crippen LogP contribution is 2.12. The molecule has 2 saturated heterocycles. The topological polar surface area (TPSA) is 58.9 Å². The number of hydrogen-bond acceptors (Lipinski definition) is 3. The van der Waals surface area contributed by atoms with Crippen LogP contribution in [0.5, 0.6) is 0 Å². The fourth-order valence-electron chi connectivity index (χ4n) is 3.33. The molecule has 0 unspecified atom stereocenters. The van der Waals surface area contributed by atoms with Crippen LogP contribution in [0.15, 0.2) is 24.3 Å². The van der Waals surface area contributed by atoms with Crippen molar-refractivity contribution in [1.82, 2.24) is 4.90 Å². The van der Waals surface area contributed by atoms with Crippen LogP contribution in [0.25, 0.3) is 0 Å². The zero-order valence-corrected chi connectivity index (χ0v) is 13.1. The van der Waals surface area contributed by atoms with Gasteiger partial charge in [-0.15, -0.1) is 0 Å². The van der Waals surface area contributed by atoms with Crippen LogP contribution in [0, 0.1) is 5.82 Å². The third kappa shape index (κ3) is 3.15. The molecule has 7 heteroatoms. The first-order chi connectivity index (χ1) is 10.5. The Hall–Kier alpha value is -1.47. The van der Waals surface area contributed by atoms with Gasteiger partial charge in [-0.3, -0.25) is 4.79 Å². The number of rotatable bonds is 2. The second kappa shape index (κ2) is 5.96. The first kappa shape index (κ1) is 15.4. The molecule has 1 aromatic rings. The van der Waals surface area contributed by atoms with Crippen molar-refractivity contribution in [2.75, 3.05) is 37.7 Å². The van der Waals surface area contributed by atoms with Gasteiger partial charge in [0.25, 0.3) is 5.91 Å². The second-order valence-corrected chi connectivity index (χ2v) is 8.26. The van der Waals surface area contributed by atoms with Gasteiger partial charge in [0.1, 0.15) is 17.6 Å². The normalized spacial score (nSPS) is 25.3. The van der Waals surface area contributed by atoms with Gasteiger partial charge < -0.3 is 9.80 Å². The minimum absolute atomic E-state index is 0.106. The molecule has 1 aromatic carbocycles. The van der Waals surface area contributed by atoms with Gasteiger partial charge in [-0.25, -0.2) is 12.8 Å². The molecule has 2 heterocycles. The molecule has 5 nitrogen and oxygen atoms in total. The Labute approximate surface area is 129 Å². The molecular formula is C15H20FN2O3S+. The van der Waals surface area contributed by atoms with E-state index < -0.39 is 15.7 Å². The molecule has 120 valence electrons. The Morgan fingerprint density at radius 1 is 1.23 bits per heavy atom. The quantitative estimate of drug-likeness (QED) is 0.786. The maximum Gasteiger partial charge on any atom is 0.257 e. The molecule has 1 atom stereocenters. The smallest absolute Gasteiger partial charge is 0.257 e. The number of halogens is 1. The SMILES string of the molecule is O=C(c1ccccc1F)N1CC[NH+]([C@@H]2CCS(=O)(=O)C2)CC1. The Balaban J connectivity index is 1.60. The number of sulfone groups is 1. The van der Waals surface area contributed by atoms with E-state index in [-0.39, 0.29) is 29.0 Å². The number of benzene rings is 1. The van der Waals surface area contributed by atoms with Crippen molar-refractivity contribution in [3.8, 4) is 0 Å². The van der Waals surface area contributed by atoms with Crippen molar-refractivity contribution in [2.24, 2.45) is 0 Å². The van der Waals surface area contributed by atoms with E-state index in [4.69, 9.17) is 0 Å². The highest BCUT2D eigenvalue weighted by Gasteiger charge is 2.37. The van der Waals surface area contributed by atoms with Crippen LogP contribution in [0.4, 0.5) is 4.39 Å². The van der Waals surface area contributed by atoms with E-state index in [2.05, 4.69) is 0 Å². The van der Waals surface area contributed by atoms with E-state index in [0.717, 1.165) is 13.1 Å². The fourth-order valence-corrected chi connectivity index (χ4v) is 5.15. The van der Waals surface area contributed by atoms with E-state index in [0.29, 0.717) is 19.5 Å². The minimum atomic E-state index is -2.87. The van der Waals surface area contributed by atoms with Crippen molar-refractivity contribution in [1.29, 1.82) is 0 Å². The van der Waals surface area contributed by atoms with E-state index in [1.807, 2.05) is 0 Å². The molecule has 0 radical (unpaired) electrons. The average Bonchev–Trinajstić information content (AvgIpc) is 2.87. The number of nitrogens with one attached hydrogen (secondary N) is 1. The van der Waals surface area contributed by atoms with E-state index in [9.17, 15) is 17.6 Å². The number of quaternary nitrogens is 1. The molecule has 22 heavy (non-hydrogen) atoms. The Kier molecular flexibility index (Phi) is 4.18. The van der Waals surface area contributed by atoms with Crippen LogP contribution in [-0.4, -0.2) is 63.0 Å². The van der Waals surface area contributed by atoms with Crippen molar-refractivity contribution in [3.63, 3.8) is 0 Å². The third-order valence-corrected chi connectivity index (χ3v) is 6.37. The molecule has 2 aliphatic rings. The van der Waals surface area contributed by atoms with E-state index in [1.54, 1.807) is 17.0 Å². The number of carbonyl (C=O) groups excluding carboxylic acids is 1. The largest absolute Gasteiger partial charge is 0.329 e. The lowest BCUT2D eigenvalue weighted by molar-refractivity contribution is -0.925. The maximum absolute atomic E-state index is 13.7. The van der Waals surface area contributed by atoms with Gasteiger partial charge in [0.15, 0.2) is 9.84 Å². The number of nitrogens with zero attached hydrogens (tertiary/aromatic N) is 1. The van der Waals surface area contributed by atoms with Crippen LogP contribution in [0.3, 0.4) is 0 Å².